The van der Waals surface area contributed by atoms with Crippen LogP contribution in [0.4, 0.5) is 21.9 Å². The second kappa shape index (κ2) is 7.85. The predicted octanol–water partition coefficient (Wildman–Crippen LogP) is 3.92. The van der Waals surface area contributed by atoms with Gasteiger partial charge in [0.25, 0.3) is 5.91 Å². The van der Waals surface area contributed by atoms with Crippen LogP contribution in [0.3, 0.4) is 0 Å². The third-order valence-electron chi connectivity index (χ3n) is 3.83. The minimum Gasteiger partial charge on any atom is -0.464 e. The van der Waals surface area contributed by atoms with Crippen LogP contribution < -0.4 is 15.5 Å². The molecule has 0 saturated carbocycles. The Hall–Kier alpha value is -2.77. The fraction of sp³-hybridized carbons (Fsp3) is 0.167. The van der Waals surface area contributed by atoms with Crippen molar-refractivity contribution in [3.05, 3.63) is 52.5 Å². The van der Waals surface area contributed by atoms with Crippen molar-refractivity contribution in [3.63, 3.8) is 0 Å². The molecule has 3 amide bonds. The lowest BCUT2D eigenvalue weighted by Crippen LogP contribution is -2.56. The Morgan fingerprint density at radius 3 is 2.63 bits per heavy atom. The first kappa shape index (κ1) is 19.0. The van der Waals surface area contributed by atoms with Gasteiger partial charge in [-0.25, -0.2) is 9.59 Å². The van der Waals surface area contributed by atoms with Gasteiger partial charge in [-0.3, -0.25) is 9.69 Å². The Balaban J connectivity index is 1.98. The molecular weight excluding hydrogens is 393 g/mol. The number of fused-ring (bicyclic) bond motifs is 1. The number of esters is 1. The predicted molar refractivity (Wildman–Crippen MR) is 103 cm³/mol. The van der Waals surface area contributed by atoms with Crippen molar-refractivity contribution in [2.24, 2.45) is 0 Å². The Kier molecular flexibility index (Phi) is 5.53. The number of halogens is 2. The van der Waals surface area contributed by atoms with E-state index in [2.05, 4.69) is 10.6 Å². The number of para-hydroxylation sites is 2. The van der Waals surface area contributed by atoms with Crippen molar-refractivity contribution in [1.29, 1.82) is 0 Å². The van der Waals surface area contributed by atoms with E-state index in [4.69, 9.17) is 27.9 Å². The van der Waals surface area contributed by atoms with Gasteiger partial charge >= 0.3 is 12.0 Å². The molecule has 0 aromatic heterocycles. The van der Waals surface area contributed by atoms with Crippen molar-refractivity contribution in [2.75, 3.05) is 22.1 Å². The highest BCUT2D eigenvalue weighted by atomic mass is 35.5. The van der Waals surface area contributed by atoms with Gasteiger partial charge < -0.3 is 15.4 Å². The zero-order valence-corrected chi connectivity index (χ0v) is 15.7. The molecule has 1 heterocycles. The fourth-order valence-corrected chi connectivity index (χ4v) is 2.96. The topological polar surface area (TPSA) is 87.7 Å². The molecule has 140 valence electrons. The normalized spacial score (nSPS) is 15.6. The number of nitrogens with one attached hydrogen (secondary N) is 2. The van der Waals surface area contributed by atoms with E-state index in [1.807, 2.05) is 0 Å². The first-order chi connectivity index (χ1) is 12.9. The summed E-state index contributed by atoms with van der Waals surface area (Å²) in [5.41, 5.74) is 1.14. The van der Waals surface area contributed by atoms with Crippen molar-refractivity contribution in [2.45, 2.75) is 13.0 Å². The molecule has 0 saturated heterocycles. The average Bonchev–Trinajstić information content (AvgIpc) is 2.63. The fourth-order valence-electron chi connectivity index (χ4n) is 2.66. The number of amides is 3. The first-order valence-electron chi connectivity index (χ1n) is 8.04. The molecule has 1 atom stereocenters. The van der Waals surface area contributed by atoms with Gasteiger partial charge in [0.15, 0.2) is 0 Å². The molecule has 0 radical (unpaired) electrons. The van der Waals surface area contributed by atoms with Gasteiger partial charge in [-0.05, 0) is 37.3 Å². The third-order valence-corrected chi connectivity index (χ3v) is 4.57. The van der Waals surface area contributed by atoms with E-state index in [1.165, 1.54) is 12.1 Å². The van der Waals surface area contributed by atoms with Gasteiger partial charge in [-0.2, -0.15) is 0 Å². The van der Waals surface area contributed by atoms with E-state index < -0.39 is 23.9 Å². The summed E-state index contributed by atoms with van der Waals surface area (Å²) in [6, 6.07) is 9.06. The van der Waals surface area contributed by atoms with Gasteiger partial charge in [0.2, 0.25) is 6.04 Å². The first-order valence-corrected chi connectivity index (χ1v) is 8.79. The molecular formula is C18H15Cl2N3O4. The van der Waals surface area contributed by atoms with Crippen LogP contribution in [-0.2, 0) is 14.3 Å². The van der Waals surface area contributed by atoms with E-state index in [0.717, 1.165) is 4.90 Å². The number of hydrogen-bond donors (Lipinski definition) is 2. The molecule has 1 aliphatic rings. The van der Waals surface area contributed by atoms with Crippen molar-refractivity contribution in [3.8, 4) is 0 Å². The van der Waals surface area contributed by atoms with Crippen LogP contribution in [0.15, 0.2) is 42.5 Å². The maximum atomic E-state index is 12.9. The van der Waals surface area contributed by atoms with Gasteiger partial charge in [0.1, 0.15) is 0 Å². The van der Waals surface area contributed by atoms with E-state index in [0.29, 0.717) is 22.1 Å². The van der Waals surface area contributed by atoms with Crippen molar-refractivity contribution in [1.82, 2.24) is 0 Å². The largest absolute Gasteiger partial charge is 0.464 e. The number of ether oxygens (including phenoxy) is 1. The van der Waals surface area contributed by atoms with Gasteiger partial charge in [0, 0.05) is 5.69 Å². The van der Waals surface area contributed by atoms with Gasteiger partial charge in [0.05, 0.1) is 28.0 Å². The number of urea groups is 1. The highest BCUT2D eigenvalue weighted by Crippen LogP contribution is 2.33. The van der Waals surface area contributed by atoms with E-state index in [9.17, 15) is 14.4 Å². The second-order valence-electron chi connectivity index (χ2n) is 5.59. The molecule has 0 aliphatic carbocycles. The molecule has 1 unspecified atom stereocenters. The monoisotopic (exact) mass is 407 g/mol. The molecule has 1 aliphatic heterocycles. The summed E-state index contributed by atoms with van der Waals surface area (Å²) in [7, 11) is 0. The van der Waals surface area contributed by atoms with Crippen molar-refractivity contribution >= 4 is 58.2 Å². The van der Waals surface area contributed by atoms with Crippen LogP contribution >= 0.6 is 23.2 Å². The molecule has 0 bridgehead atoms. The Bertz CT molecular complexity index is 919. The number of rotatable bonds is 3. The molecule has 9 heteroatoms. The lowest BCUT2D eigenvalue weighted by atomic mass is 10.1. The summed E-state index contributed by atoms with van der Waals surface area (Å²) in [6.45, 7) is 1.69. The summed E-state index contributed by atoms with van der Waals surface area (Å²) in [4.78, 5) is 38.8. The molecule has 2 aromatic carbocycles. The van der Waals surface area contributed by atoms with Crippen LogP contribution in [0.2, 0.25) is 10.0 Å². The highest BCUT2D eigenvalue weighted by molar-refractivity contribution is 6.42. The van der Waals surface area contributed by atoms with Crippen LogP contribution in [0.25, 0.3) is 0 Å². The van der Waals surface area contributed by atoms with Crippen LogP contribution in [-0.4, -0.2) is 30.6 Å². The molecule has 2 N–H and O–H groups in total. The van der Waals surface area contributed by atoms with E-state index in [1.54, 1.807) is 37.3 Å². The van der Waals surface area contributed by atoms with E-state index >= 15 is 0 Å². The van der Waals surface area contributed by atoms with Crippen molar-refractivity contribution < 1.29 is 19.1 Å². The van der Waals surface area contributed by atoms with Crippen LogP contribution in [0.1, 0.15) is 6.92 Å². The summed E-state index contributed by atoms with van der Waals surface area (Å²) in [6.07, 6.45) is 0. The molecule has 0 spiro atoms. The average molecular weight is 408 g/mol. The zero-order chi connectivity index (χ0) is 19.6. The second-order valence-corrected chi connectivity index (χ2v) is 6.40. The third kappa shape index (κ3) is 3.84. The number of anilines is 3. The number of carbonyl (C=O) groups excluding carboxylic acids is 3. The maximum Gasteiger partial charge on any atom is 0.339 e. The SMILES string of the molecule is CCOC(=O)C1C(=O)Nc2ccccc2N1C(=O)Nc1ccc(Cl)c(Cl)c1. The highest BCUT2D eigenvalue weighted by Gasteiger charge is 2.42. The number of nitrogens with zero attached hydrogens (tertiary/aromatic N) is 1. The molecule has 2 aromatic rings. The number of benzene rings is 2. The minimum atomic E-state index is -1.46. The number of carbonyl (C=O) groups is 3. The maximum absolute atomic E-state index is 12.9. The van der Waals surface area contributed by atoms with Gasteiger partial charge in [-0.1, -0.05) is 35.3 Å². The zero-order valence-electron chi connectivity index (χ0n) is 14.2. The molecule has 0 fully saturated rings. The summed E-state index contributed by atoms with van der Waals surface area (Å²) in [5, 5.41) is 5.83. The smallest absolute Gasteiger partial charge is 0.339 e. The standard InChI is InChI=1S/C18H15Cl2N3O4/c1-2-27-17(25)15-16(24)22-13-5-3-4-6-14(13)23(15)18(26)21-10-7-8-11(19)12(20)9-10/h3-9,15H,2H2,1H3,(H,21,26)(H,22,24). The van der Waals surface area contributed by atoms with Crippen LogP contribution in [0, 0.1) is 0 Å². The summed E-state index contributed by atoms with van der Waals surface area (Å²) in [5.74, 6) is -1.48. The summed E-state index contributed by atoms with van der Waals surface area (Å²) < 4.78 is 4.97. The molecule has 27 heavy (non-hydrogen) atoms. The van der Waals surface area contributed by atoms with E-state index in [-0.39, 0.29) is 11.6 Å². The van der Waals surface area contributed by atoms with Gasteiger partial charge in [-0.15, -0.1) is 0 Å². The Morgan fingerprint density at radius 1 is 1.19 bits per heavy atom. The lowest BCUT2D eigenvalue weighted by Gasteiger charge is -2.34. The minimum absolute atomic E-state index is 0.0759. The quantitative estimate of drug-likeness (QED) is 0.596. The van der Waals surface area contributed by atoms with Crippen LogP contribution in [0.5, 0.6) is 0 Å². The Morgan fingerprint density at radius 2 is 1.93 bits per heavy atom. The Labute approximate surface area is 165 Å². The molecule has 3 rings (SSSR count). The molecule has 7 nitrogen and oxygen atoms in total. The number of hydrogen-bond acceptors (Lipinski definition) is 4. The summed E-state index contributed by atoms with van der Waals surface area (Å²) >= 11 is 11.9. The lowest BCUT2D eigenvalue weighted by molar-refractivity contribution is -0.147.